The van der Waals surface area contributed by atoms with Gasteiger partial charge in [-0.2, -0.15) is 0 Å². The third-order valence-electron chi connectivity index (χ3n) is 3.53. The molecule has 0 unspecified atom stereocenters. The monoisotopic (exact) mass is 454 g/mol. The van der Waals surface area contributed by atoms with Crippen molar-refractivity contribution in [2.75, 3.05) is 19.7 Å². The third-order valence-corrected chi connectivity index (χ3v) is 3.53. The highest BCUT2D eigenvalue weighted by Crippen LogP contribution is 2.10. The third kappa shape index (κ3) is 7.72. The molecule has 0 radical (unpaired) electrons. The van der Waals surface area contributed by atoms with Gasteiger partial charge >= 0.3 is 0 Å². The van der Waals surface area contributed by atoms with Crippen molar-refractivity contribution < 1.29 is 4.74 Å². The number of hydrogen-bond donors (Lipinski definition) is 2. The van der Waals surface area contributed by atoms with Gasteiger partial charge < -0.3 is 15.4 Å². The van der Waals surface area contributed by atoms with E-state index < -0.39 is 0 Å². The molecule has 0 saturated heterocycles. The van der Waals surface area contributed by atoms with Gasteiger partial charge in [0.25, 0.3) is 0 Å². The second-order valence-electron chi connectivity index (χ2n) is 5.55. The number of aliphatic imine (C=N–C) groups is 1. The maximum absolute atomic E-state index is 5.71. The first kappa shape index (κ1) is 21.2. The van der Waals surface area contributed by atoms with Crippen molar-refractivity contribution in [2.24, 2.45) is 4.99 Å². The molecule has 2 aromatic rings. The van der Waals surface area contributed by atoms with Crippen molar-refractivity contribution in [2.45, 2.75) is 27.3 Å². The Morgan fingerprint density at radius 1 is 1.12 bits per heavy atom. The Labute approximate surface area is 167 Å². The Balaban J connectivity index is 0.00000312. The molecule has 0 aliphatic rings. The first-order chi connectivity index (χ1) is 11.7. The Morgan fingerprint density at radius 3 is 2.56 bits per heavy atom. The van der Waals surface area contributed by atoms with Crippen LogP contribution in [0.4, 0.5) is 0 Å². The number of aryl methyl sites for hydroxylation is 2. The molecule has 0 atom stereocenters. The number of halogens is 1. The van der Waals surface area contributed by atoms with E-state index in [0.717, 1.165) is 29.5 Å². The summed E-state index contributed by atoms with van der Waals surface area (Å²) in [6, 6.07) is 12.0. The van der Waals surface area contributed by atoms with E-state index in [9.17, 15) is 0 Å². The van der Waals surface area contributed by atoms with E-state index in [2.05, 4.69) is 27.5 Å². The maximum Gasteiger partial charge on any atom is 0.191 e. The number of benzene rings is 1. The van der Waals surface area contributed by atoms with Gasteiger partial charge in [-0.25, -0.2) is 4.99 Å². The summed E-state index contributed by atoms with van der Waals surface area (Å²) in [5, 5.41) is 6.51. The van der Waals surface area contributed by atoms with E-state index in [0.29, 0.717) is 19.7 Å². The van der Waals surface area contributed by atoms with E-state index >= 15 is 0 Å². The molecule has 1 heterocycles. The second kappa shape index (κ2) is 11.7. The minimum absolute atomic E-state index is 0. The molecule has 25 heavy (non-hydrogen) atoms. The number of pyridine rings is 1. The standard InChI is InChI=1S/C19H26N4O.HI/c1-4-20-19(23-14-18-16(3)6-5-11-21-18)22-12-13-24-17-9-7-15(2)8-10-17;/h5-11H,4,12-14H2,1-3H3,(H2,20,22,23);1H. The molecule has 5 nitrogen and oxygen atoms in total. The molecule has 1 aromatic carbocycles. The lowest BCUT2D eigenvalue weighted by atomic mass is 10.2. The number of aromatic nitrogens is 1. The lowest BCUT2D eigenvalue weighted by Crippen LogP contribution is -2.39. The molecule has 136 valence electrons. The van der Waals surface area contributed by atoms with E-state index in [1.54, 1.807) is 6.20 Å². The van der Waals surface area contributed by atoms with E-state index in [1.165, 1.54) is 5.56 Å². The molecule has 0 aliphatic heterocycles. The van der Waals surface area contributed by atoms with Crippen LogP contribution >= 0.6 is 24.0 Å². The topological polar surface area (TPSA) is 58.5 Å². The molecule has 2 rings (SSSR count). The van der Waals surface area contributed by atoms with Crippen LogP contribution in [-0.2, 0) is 6.54 Å². The largest absolute Gasteiger partial charge is 0.492 e. The highest BCUT2D eigenvalue weighted by molar-refractivity contribution is 14.0. The molecular weight excluding hydrogens is 427 g/mol. The molecule has 0 amide bonds. The predicted molar refractivity (Wildman–Crippen MR) is 114 cm³/mol. The summed E-state index contributed by atoms with van der Waals surface area (Å²) < 4.78 is 5.71. The number of nitrogens with zero attached hydrogens (tertiary/aromatic N) is 2. The average Bonchev–Trinajstić information content (AvgIpc) is 2.59. The highest BCUT2D eigenvalue weighted by atomic mass is 127. The van der Waals surface area contributed by atoms with Crippen LogP contribution in [0.3, 0.4) is 0 Å². The van der Waals surface area contributed by atoms with Crippen LogP contribution in [0.1, 0.15) is 23.7 Å². The van der Waals surface area contributed by atoms with Crippen molar-refractivity contribution in [1.82, 2.24) is 15.6 Å². The van der Waals surface area contributed by atoms with Gasteiger partial charge in [-0.05, 0) is 44.5 Å². The summed E-state index contributed by atoms with van der Waals surface area (Å²) in [7, 11) is 0. The zero-order valence-corrected chi connectivity index (χ0v) is 17.4. The van der Waals surface area contributed by atoms with Gasteiger partial charge in [-0.3, -0.25) is 4.98 Å². The van der Waals surface area contributed by atoms with Crippen molar-refractivity contribution in [3.8, 4) is 5.75 Å². The van der Waals surface area contributed by atoms with Crippen molar-refractivity contribution in [3.05, 3.63) is 59.4 Å². The van der Waals surface area contributed by atoms with Crippen LogP contribution in [0.15, 0.2) is 47.6 Å². The van der Waals surface area contributed by atoms with Crippen LogP contribution in [-0.4, -0.2) is 30.6 Å². The van der Waals surface area contributed by atoms with Crippen molar-refractivity contribution >= 4 is 29.9 Å². The van der Waals surface area contributed by atoms with E-state index in [1.807, 2.05) is 50.2 Å². The van der Waals surface area contributed by atoms with Crippen LogP contribution < -0.4 is 15.4 Å². The smallest absolute Gasteiger partial charge is 0.191 e. The molecule has 0 aliphatic carbocycles. The quantitative estimate of drug-likeness (QED) is 0.291. The first-order valence-electron chi connectivity index (χ1n) is 8.31. The molecule has 0 saturated carbocycles. The number of hydrogen-bond acceptors (Lipinski definition) is 3. The fraction of sp³-hybridized carbons (Fsp3) is 0.368. The Kier molecular flexibility index (Phi) is 9.91. The van der Waals surface area contributed by atoms with Gasteiger partial charge in [0.15, 0.2) is 5.96 Å². The van der Waals surface area contributed by atoms with Gasteiger partial charge in [0, 0.05) is 12.7 Å². The van der Waals surface area contributed by atoms with Gasteiger partial charge in [0.05, 0.1) is 18.8 Å². The van der Waals surface area contributed by atoms with E-state index in [-0.39, 0.29) is 24.0 Å². The van der Waals surface area contributed by atoms with Gasteiger partial charge in [0.1, 0.15) is 12.4 Å². The summed E-state index contributed by atoms with van der Waals surface area (Å²) in [6.45, 7) is 8.79. The molecule has 1 aromatic heterocycles. The average molecular weight is 454 g/mol. The fourth-order valence-electron chi connectivity index (χ4n) is 2.15. The van der Waals surface area contributed by atoms with Crippen molar-refractivity contribution in [3.63, 3.8) is 0 Å². The minimum atomic E-state index is 0. The Morgan fingerprint density at radius 2 is 1.88 bits per heavy atom. The first-order valence-corrected chi connectivity index (χ1v) is 8.31. The zero-order chi connectivity index (χ0) is 17.2. The zero-order valence-electron chi connectivity index (χ0n) is 15.1. The van der Waals surface area contributed by atoms with Crippen molar-refractivity contribution in [1.29, 1.82) is 0 Å². The molecular formula is C19H27IN4O. The summed E-state index contributed by atoms with van der Waals surface area (Å²) in [6.07, 6.45) is 1.80. The van der Waals surface area contributed by atoms with Crippen LogP contribution in [0.2, 0.25) is 0 Å². The number of rotatable bonds is 7. The lowest BCUT2D eigenvalue weighted by molar-refractivity contribution is 0.322. The molecule has 2 N–H and O–H groups in total. The highest BCUT2D eigenvalue weighted by Gasteiger charge is 2.01. The Hall–Kier alpha value is -1.83. The van der Waals surface area contributed by atoms with Crippen LogP contribution in [0, 0.1) is 13.8 Å². The molecule has 0 fully saturated rings. The van der Waals surface area contributed by atoms with Crippen LogP contribution in [0.5, 0.6) is 5.75 Å². The maximum atomic E-state index is 5.71. The molecule has 0 bridgehead atoms. The number of nitrogens with one attached hydrogen (secondary N) is 2. The normalized spacial score (nSPS) is 10.8. The number of ether oxygens (including phenoxy) is 1. The fourth-order valence-corrected chi connectivity index (χ4v) is 2.15. The lowest BCUT2D eigenvalue weighted by Gasteiger charge is -2.12. The summed E-state index contributed by atoms with van der Waals surface area (Å²) in [5.41, 5.74) is 3.37. The molecule has 6 heteroatoms. The van der Waals surface area contributed by atoms with E-state index in [4.69, 9.17) is 4.74 Å². The summed E-state index contributed by atoms with van der Waals surface area (Å²) >= 11 is 0. The van der Waals surface area contributed by atoms with Gasteiger partial charge in [0.2, 0.25) is 0 Å². The molecule has 0 spiro atoms. The Bertz CT molecular complexity index is 659. The second-order valence-corrected chi connectivity index (χ2v) is 5.55. The number of guanidine groups is 1. The summed E-state index contributed by atoms with van der Waals surface area (Å²) in [5.74, 6) is 1.66. The van der Waals surface area contributed by atoms with Gasteiger partial charge in [-0.1, -0.05) is 23.8 Å². The minimum Gasteiger partial charge on any atom is -0.492 e. The predicted octanol–water partition coefficient (Wildman–Crippen LogP) is 3.45. The SMILES string of the molecule is CCNC(=NCc1ncccc1C)NCCOc1ccc(C)cc1.I. The summed E-state index contributed by atoms with van der Waals surface area (Å²) in [4.78, 5) is 8.94. The van der Waals surface area contributed by atoms with Gasteiger partial charge in [-0.15, -0.1) is 24.0 Å². The van der Waals surface area contributed by atoms with Crippen LogP contribution in [0.25, 0.3) is 0 Å².